The second-order valence-electron chi connectivity index (χ2n) is 5.71. The molecule has 3 aromatic rings. The highest BCUT2D eigenvalue weighted by molar-refractivity contribution is 7.10. The average molecular weight is 349 g/mol. The molecule has 1 atom stereocenters. The number of benzene rings is 1. The molecule has 3 rings (SSSR count). The van der Waals surface area contributed by atoms with Crippen molar-refractivity contribution in [2.75, 3.05) is 0 Å². The van der Waals surface area contributed by atoms with E-state index in [2.05, 4.69) is 46.5 Å². The molecule has 2 aromatic heterocycles. The van der Waals surface area contributed by atoms with Gasteiger partial charge in [-0.25, -0.2) is 4.98 Å². The lowest BCUT2D eigenvalue weighted by atomic mass is 10.0. The molecule has 0 bridgehead atoms. The number of nitrogens with one attached hydrogen (secondary N) is 1. The van der Waals surface area contributed by atoms with Crippen LogP contribution in [0.1, 0.15) is 27.9 Å². The Morgan fingerprint density at radius 2 is 2.00 bits per heavy atom. The van der Waals surface area contributed by atoms with Crippen molar-refractivity contribution in [2.24, 2.45) is 0 Å². The molecule has 5 heteroatoms. The third-order valence-electron chi connectivity index (χ3n) is 3.75. The van der Waals surface area contributed by atoms with Crippen LogP contribution in [-0.2, 0) is 11.2 Å². The number of carbonyl (C=O) groups excluding carboxylic acids is 1. The van der Waals surface area contributed by atoms with Crippen LogP contribution in [0.15, 0.2) is 66.3 Å². The van der Waals surface area contributed by atoms with E-state index in [4.69, 9.17) is 0 Å². The Morgan fingerprint density at radius 1 is 1.16 bits per heavy atom. The molecule has 25 heavy (non-hydrogen) atoms. The first-order chi connectivity index (χ1) is 12.2. The van der Waals surface area contributed by atoms with E-state index in [0.29, 0.717) is 6.42 Å². The third kappa shape index (κ3) is 5.09. The highest BCUT2D eigenvalue weighted by Gasteiger charge is 2.15. The highest BCUT2D eigenvalue weighted by atomic mass is 32.1. The fourth-order valence-electron chi connectivity index (χ4n) is 2.46. The summed E-state index contributed by atoms with van der Waals surface area (Å²) < 4.78 is 0. The van der Waals surface area contributed by atoms with E-state index in [-0.39, 0.29) is 11.9 Å². The fraction of sp³-hybridized carbons (Fsp3) is 0.150. The number of amides is 1. The van der Waals surface area contributed by atoms with Gasteiger partial charge in [-0.3, -0.25) is 9.78 Å². The number of thiazole rings is 1. The second kappa shape index (κ2) is 8.35. The number of rotatable bonds is 6. The molecule has 0 spiro atoms. The first-order valence-corrected chi connectivity index (χ1v) is 8.93. The minimum Gasteiger partial charge on any atom is -0.344 e. The van der Waals surface area contributed by atoms with Gasteiger partial charge in [-0.15, -0.1) is 11.3 Å². The fourth-order valence-corrected chi connectivity index (χ4v) is 2.98. The number of aromatic nitrogens is 2. The van der Waals surface area contributed by atoms with Gasteiger partial charge >= 0.3 is 0 Å². The van der Waals surface area contributed by atoms with Gasteiger partial charge in [0.25, 0.3) is 0 Å². The predicted octanol–water partition coefficient (Wildman–Crippen LogP) is 3.96. The molecule has 0 radical (unpaired) electrons. The van der Waals surface area contributed by atoms with Crippen molar-refractivity contribution < 1.29 is 4.79 Å². The first kappa shape index (κ1) is 17.0. The van der Waals surface area contributed by atoms with Crippen molar-refractivity contribution in [3.8, 4) is 0 Å². The minimum absolute atomic E-state index is 0.155. The lowest BCUT2D eigenvalue weighted by Crippen LogP contribution is -2.29. The Kier molecular flexibility index (Phi) is 5.69. The average Bonchev–Trinajstić information content (AvgIpc) is 3.16. The van der Waals surface area contributed by atoms with Crippen LogP contribution in [0.5, 0.6) is 0 Å². The lowest BCUT2D eigenvalue weighted by Gasteiger charge is -2.17. The molecule has 0 aliphatic heterocycles. The summed E-state index contributed by atoms with van der Waals surface area (Å²) in [6.45, 7) is 2.06. The van der Waals surface area contributed by atoms with Gasteiger partial charge in [0.1, 0.15) is 5.01 Å². The Balaban J connectivity index is 1.74. The van der Waals surface area contributed by atoms with Crippen molar-refractivity contribution >= 4 is 23.3 Å². The molecule has 0 aliphatic carbocycles. The van der Waals surface area contributed by atoms with Crippen LogP contribution >= 0.6 is 11.3 Å². The molecular formula is C20H19N3OS. The Bertz CT molecular complexity index is 827. The third-order valence-corrected chi connectivity index (χ3v) is 4.49. The number of hydrogen-bond acceptors (Lipinski definition) is 4. The molecule has 126 valence electrons. The molecule has 2 heterocycles. The van der Waals surface area contributed by atoms with Crippen LogP contribution in [0.2, 0.25) is 0 Å². The maximum atomic E-state index is 12.3. The molecule has 0 saturated carbocycles. The number of hydrogen-bond donors (Lipinski definition) is 1. The molecule has 0 aliphatic rings. The van der Waals surface area contributed by atoms with Gasteiger partial charge in [-0.2, -0.15) is 0 Å². The van der Waals surface area contributed by atoms with Crippen molar-refractivity contribution in [1.82, 2.24) is 15.3 Å². The summed E-state index contributed by atoms with van der Waals surface area (Å²) in [6, 6.07) is 13.9. The number of pyridine rings is 1. The van der Waals surface area contributed by atoms with E-state index < -0.39 is 0 Å². The van der Waals surface area contributed by atoms with E-state index in [9.17, 15) is 4.79 Å². The monoisotopic (exact) mass is 349 g/mol. The number of carbonyl (C=O) groups is 1. The van der Waals surface area contributed by atoms with Crippen LogP contribution in [0, 0.1) is 6.92 Å². The zero-order valence-electron chi connectivity index (χ0n) is 13.9. The topological polar surface area (TPSA) is 54.9 Å². The molecule has 4 nitrogen and oxygen atoms in total. The molecular weight excluding hydrogens is 330 g/mol. The Morgan fingerprint density at radius 3 is 2.68 bits per heavy atom. The number of nitrogens with zero attached hydrogens (tertiary/aromatic N) is 2. The molecule has 1 N–H and O–H groups in total. The molecule has 1 amide bonds. The molecule has 1 unspecified atom stereocenters. The van der Waals surface area contributed by atoms with Gasteiger partial charge in [-0.05, 0) is 37.1 Å². The van der Waals surface area contributed by atoms with Gasteiger partial charge in [0.05, 0.1) is 11.7 Å². The van der Waals surface area contributed by atoms with Gasteiger partial charge in [0.2, 0.25) is 5.91 Å². The quantitative estimate of drug-likeness (QED) is 0.685. The normalized spacial score (nSPS) is 12.2. The van der Waals surface area contributed by atoms with Crippen LogP contribution < -0.4 is 5.32 Å². The highest BCUT2D eigenvalue weighted by Crippen LogP contribution is 2.17. The zero-order chi connectivity index (χ0) is 17.5. The minimum atomic E-state index is -0.183. The van der Waals surface area contributed by atoms with Gasteiger partial charge in [-0.1, -0.05) is 35.9 Å². The van der Waals surface area contributed by atoms with Crippen LogP contribution in [-0.4, -0.2) is 15.9 Å². The van der Waals surface area contributed by atoms with E-state index in [1.54, 1.807) is 18.5 Å². The zero-order valence-corrected chi connectivity index (χ0v) is 14.7. The summed E-state index contributed by atoms with van der Waals surface area (Å²) in [4.78, 5) is 20.9. The van der Waals surface area contributed by atoms with E-state index in [1.807, 2.05) is 23.6 Å². The smallest absolute Gasteiger partial charge is 0.244 e. The predicted molar refractivity (Wildman–Crippen MR) is 101 cm³/mol. The van der Waals surface area contributed by atoms with Crippen molar-refractivity contribution in [2.45, 2.75) is 19.4 Å². The van der Waals surface area contributed by atoms with Crippen molar-refractivity contribution in [1.29, 1.82) is 0 Å². The summed E-state index contributed by atoms with van der Waals surface area (Å²) in [7, 11) is 0. The molecule has 0 fully saturated rings. The maximum Gasteiger partial charge on any atom is 0.244 e. The van der Waals surface area contributed by atoms with Crippen LogP contribution in [0.25, 0.3) is 6.08 Å². The summed E-state index contributed by atoms with van der Waals surface area (Å²) in [5, 5.41) is 5.74. The van der Waals surface area contributed by atoms with Crippen LogP contribution in [0.4, 0.5) is 0 Å². The largest absolute Gasteiger partial charge is 0.344 e. The van der Waals surface area contributed by atoms with Crippen molar-refractivity contribution in [3.63, 3.8) is 0 Å². The SMILES string of the molecule is Cc1ccc(CC(NC(=O)C=Cc2nccs2)c2ccccn2)cc1. The second-order valence-corrected chi connectivity index (χ2v) is 6.64. The first-order valence-electron chi connectivity index (χ1n) is 8.05. The van der Waals surface area contributed by atoms with E-state index in [1.165, 1.54) is 23.0 Å². The summed E-state index contributed by atoms with van der Waals surface area (Å²) >= 11 is 1.49. The Labute approximate surface area is 151 Å². The van der Waals surface area contributed by atoms with E-state index in [0.717, 1.165) is 16.3 Å². The van der Waals surface area contributed by atoms with Crippen molar-refractivity contribution in [3.05, 3.63) is 88.1 Å². The Hall–Kier alpha value is -2.79. The van der Waals surface area contributed by atoms with Crippen LogP contribution in [0.3, 0.4) is 0 Å². The standard InChI is InChI=1S/C20H19N3OS/c1-15-5-7-16(8-6-15)14-18(17-4-2-3-11-21-17)23-19(24)9-10-20-22-12-13-25-20/h2-13,18H,14H2,1H3,(H,23,24). The lowest BCUT2D eigenvalue weighted by molar-refractivity contribution is -0.117. The summed E-state index contributed by atoms with van der Waals surface area (Å²) in [5.41, 5.74) is 3.22. The van der Waals surface area contributed by atoms with Gasteiger partial charge < -0.3 is 5.32 Å². The van der Waals surface area contributed by atoms with Gasteiger partial charge in [0.15, 0.2) is 0 Å². The molecule has 1 aromatic carbocycles. The molecule has 0 saturated heterocycles. The maximum absolute atomic E-state index is 12.3. The number of aryl methyl sites for hydroxylation is 1. The summed E-state index contributed by atoms with van der Waals surface area (Å²) in [6.07, 6.45) is 7.39. The van der Waals surface area contributed by atoms with Gasteiger partial charge in [0, 0.05) is 23.8 Å². The summed E-state index contributed by atoms with van der Waals surface area (Å²) in [5.74, 6) is -0.155. The van der Waals surface area contributed by atoms with E-state index >= 15 is 0 Å².